The average Bonchev–Trinajstić information content (AvgIpc) is 1.14. The normalized spacial score (nSPS) is 13.9. The lowest BCUT2D eigenvalue weighted by Gasteiger charge is -2.23. The van der Waals surface area contributed by atoms with Crippen LogP contribution in [0.3, 0.4) is 0 Å². The molecular weight excluding hydrogens is 167 g/mol. The molecule has 0 N–H and O–H groups in total. The van der Waals surface area contributed by atoms with Crippen molar-refractivity contribution in [2.24, 2.45) is 0 Å². The van der Waals surface area contributed by atoms with Gasteiger partial charge in [0.2, 0.25) is 0 Å². The van der Waals surface area contributed by atoms with Crippen LogP contribution < -0.4 is 0 Å². The Labute approximate surface area is 64.0 Å². The number of hydrogen-bond acceptors (Lipinski definition) is 2. The average molecular weight is 182 g/mol. The third-order valence-electron chi connectivity index (χ3n) is 0.494. The first kappa shape index (κ1) is 9.83. The van der Waals surface area contributed by atoms with E-state index in [9.17, 15) is 0 Å². The van der Waals surface area contributed by atoms with Gasteiger partial charge in [-0.3, -0.25) is 0 Å². The molecule has 0 spiro atoms. The molecule has 0 atom stereocenters. The number of hydrogen-bond donors (Lipinski definition) is 0. The van der Waals surface area contributed by atoms with Crippen LogP contribution in [0, 0.1) is 0 Å². The highest BCUT2D eigenvalue weighted by atomic mass is 32.4. The van der Waals surface area contributed by atoms with Crippen molar-refractivity contribution in [2.45, 2.75) is 19.6 Å². The van der Waals surface area contributed by atoms with E-state index in [0.29, 0.717) is 0 Å². The minimum absolute atomic E-state index is 1.35. The molecule has 0 amide bonds. The first-order valence-corrected chi connectivity index (χ1v) is 9.99. The van der Waals surface area contributed by atoms with E-state index in [4.69, 9.17) is 16.0 Å². The summed E-state index contributed by atoms with van der Waals surface area (Å²) >= 11 is 5.16. The highest BCUT2D eigenvalue weighted by Gasteiger charge is 2.18. The van der Waals surface area contributed by atoms with Crippen molar-refractivity contribution in [3.8, 4) is 0 Å². The largest absolute Gasteiger partial charge is 0.390 e. The predicted octanol–water partition coefficient (Wildman–Crippen LogP) is 2.49. The minimum Gasteiger partial charge on any atom is -0.390 e. The van der Waals surface area contributed by atoms with Crippen LogP contribution in [0.2, 0.25) is 19.6 Å². The van der Waals surface area contributed by atoms with E-state index in [-0.39, 0.29) is 0 Å². The fourth-order valence-electron chi connectivity index (χ4n) is 0.660. The summed E-state index contributed by atoms with van der Waals surface area (Å²) in [5, 5.41) is 0. The molecule has 0 aliphatic carbocycles. The van der Waals surface area contributed by atoms with E-state index in [1.807, 2.05) is 13.3 Å². The molecule has 0 heterocycles. The maximum atomic E-state index is 5.69. The fraction of sp³-hybridized carbons (Fsp3) is 1.00. The Morgan fingerprint density at radius 2 is 1.56 bits per heavy atom. The van der Waals surface area contributed by atoms with Crippen molar-refractivity contribution in [1.82, 2.24) is 0 Å². The van der Waals surface area contributed by atoms with E-state index in [0.717, 1.165) is 0 Å². The molecule has 56 valence electrons. The van der Waals surface area contributed by atoms with E-state index >= 15 is 0 Å². The van der Waals surface area contributed by atoms with Crippen LogP contribution in [0.1, 0.15) is 0 Å². The van der Waals surface area contributed by atoms with Crippen LogP contribution in [-0.2, 0) is 16.0 Å². The summed E-state index contributed by atoms with van der Waals surface area (Å²) in [7, 11) is -1.35. The summed E-state index contributed by atoms with van der Waals surface area (Å²) < 4.78 is 5.69. The van der Waals surface area contributed by atoms with Crippen LogP contribution in [0.15, 0.2) is 0 Å². The molecule has 0 saturated heterocycles. The van der Waals surface area contributed by atoms with Gasteiger partial charge >= 0.3 is 0 Å². The van der Waals surface area contributed by atoms with E-state index in [1.165, 1.54) is 0 Å². The molecule has 0 rings (SSSR count). The Hall–Kier alpha value is 0.827. The summed E-state index contributed by atoms with van der Waals surface area (Å²) in [5.74, 6) is 0. The molecule has 0 saturated carbocycles. The van der Waals surface area contributed by atoms with Gasteiger partial charge in [0.05, 0.1) is 0 Å². The van der Waals surface area contributed by atoms with Crippen LogP contribution in [0.4, 0.5) is 0 Å². The second-order valence-electron chi connectivity index (χ2n) is 3.46. The highest BCUT2D eigenvalue weighted by molar-refractivity contribution is 8.12. The SMILES string of the molecule is C[Si](C)(C)OP(C)(C)=S. The molecular formula is C5H15OPSSi. The van der Waals surface area contributed by atoms with E-state index < -0.39 is 14.6 Å². The monoisotopic (exact) mass is 182 g/mol. The molecule has 0 aliphatic rings. The van der Waals surface area contributed by atoms with E-state index in [2.05, 4.69) is 19.6 Å². The second kappa shape index (κ2) is 2.83. The van der Waals surface area contributed by atoms with Gasteiger partial charge in [-0.2, -0.15) is 0 Å². The molecule has 0 fully saturated rings. The fourth-order valence-corrected chi connectivity index (χ4v) is 7.95. The second-order valence-corrected chi connectivity index (χ2v) is 13.6. The summed E-state index contributed by atoms with van der Waals surface area (Å²) in [6, 6.07) is 0. The van der Waals surface area contributed by atoms with Crippen molar-refractivity contribution in [1.29, 1.82) is 0 Å². The van der Waals surface area contributed by atoms with Crippen molar-refractivity contribution in [3.05, 3.63) is 0 Å². The molecule has 0 radical (unpaired) electrons. The standard InChI is InChI=1S/C5H15OPSSi/c1-7(2,8)6-9(3,4)5/h1-5H3. The van der Waals surface area contributed by atoms with E-state index in [1.54, 1.807) is 0 Å². The molecule has 0 bridgehead atoms. The summed E-state index contributed by atoms with van der Waals surface area (Å²) in [4.78, 5) is 0. The van der Waals surface area contributed by atoms with Crippen LogP contribution in [0.5, 0.6) is 0 Å². The van der Waals surface area contributed by atoms with Crippen molar-refractivity contribution in [3.63, 3.8) is 0 Å². The molecule has 0 aliphatic heterocycles. The highest BCUT2D eigenvalue weighted by Crippen LogP contribution is 2.41. The van der Waals surface area contributed by atoms with Gasteiger partial charge in [-0.15, -0.1) is 0 Å². The third kappa shape index (κ3) is 8.83. The van der Waals surface area contributed by atoms with Gasteiger partial charge in [0, 0.05) is 6.26 Å². The molecule has 0 aromatic carbocycles. The maximum Gasteiger partial charge on any atom is 0.189 e. The first-order chi connectivity index (χ1) is 3.71. The zero-order valence-electron chi connectivity index (χ0n) is 6.76. The molecule has 1 nitrogen and oxygen atoms in total. The molecule has 9 heavy (non-hydrogen) atoms. The molecule has 4 heteroatoms. The molecule has 0 aromatic heterocycles. The van der Waals surface area contributed by atoms with Crippen LogP contribution in [0.25, 0.3) is 0 Å². The Balaban J connectivity index is 3.90. The summed E-state index contributed by atoms with van der Waals surface area (Å²) in [6.45, 7) is 10.6. The van der Waals surface area contributed by atoms with Crippen LogP contribution in [-0.4, -0.2) is 21.6 Å². The van der Waals surface area contributed by atoms with Gasteiger partial charge in [-0.1, -0.05) is 11.8 Å². The summed E-state index contributed by atoms with van der Waals surface area (Å²) in [5.41, 5.74) is 0. The first-order valence-electron chi connectivity index (χ1n) is 2.96. The van der Waals surface area contributed by atoms with Gasteiger partial charge in [0.15, 0.2) is 8.32 Å². The van der Waals surface area contributed by atoms with Crippen molar-refractivity contribution in [2.75, 3.05) is 13.3 Å². The minimum atomic E-state index is -1.39. The van der Waals surface area contributed by atoms with Gasteiger partial charge in [-0.25, -0.2) is 0 Å². The smallest absolute Gasteiger partial charge is 0.189 e. The maximum absolute atomic E-state index is 5.69. The summed E-state index contributed by atoms with van der Waals surface area (Å²) in [6.07, 6.45) is -1.39. The Morgan fingerprint density at radius 3 is 1.56 bits per heavy atom. The Kier molecular flexibility index (Phi) is 3.09. The molecule has 0 unspecified atom stereocenters. The molecule has 0 aromatic rings. The Morgan fingerprint density at radius 1 is 1.22 bits per heavy atom. The number of rotatable bonds is 2. The van der Waals surface area contributed by atoms with Gasteiger partial charge in [0.25, 0.3) is 0 Å². The Bertz CT molecular complexity index is 134. The lowest BCUT2D eigenvalue weighted by molar-refractivity contribution is 0.625. The zero-order chi connectivity index (χ0) is 7.71. The third-order valence-corrected chi connectivity index (χ3v) is 5.11. The van der Waals surface area contributed by atoms with Gasteiger partial charge < -0.3 is 4.21 Å². The zero-order valence-corrected chi connectivity index (χ0v) is 9.47. The lowest BCUT2D eigenvalue weighted by Crippen LogP contribution is -2.22. The van der Waals surface area contributed by atoms with Crippen molar-refractivity contribution >= 4 is 26.4 Å². The lowest BCUT2D eigenvalue weighted by atomic mass is 11.8. The topological polar surface area (TPSA) is 9.23 Å². The van der Waals surface area contributed by atoms with Crippen molar-refractivity contribution < 1.29 is 4.21 Å². The van der Waals surface area contributed by atoms with Gasteiger partial charge in [0.1, 0.15) is 0 Å². The van der Waals surface area contributed by atoms with Crippen LogP contribution >= 0.6 is 6.26 Å². The van der Waals surface area contributed by atoms with Gasteiger partial charge in [-0.05, 0) is 33.0 Å². The quantitative estimate of drug-likeness (QED) is 0.479. The predicted molar refractivity (Wildman–Crippen MR) is 50.6 cm³/mol.